The van der Waals surface area contributed by atoms with Crippen LogP contribution in [-0.4, -0.2) is 15.2 Å². The summed E-state index contributed by atoms with van der Waals surface area (Å²) in [5, 5.41) is 7.68. The molecule has 0 aliphatic carbocycles. The molecule has 0 aromatic carbocycles. The van der Waals surface area contributed by atoms with Crippen molar-refractivity contribution in [2.24, 2.45) is 0 Å². The van der Waals surface area contributed by atoms with E-state index >= 15 is 0 Å². The largest absolute Gasteiger partial charge is 0.250 e. The number of aromatic nitrogens is 3. The van der Waals surface area contributed by atoms with Gasteiger partial charge in [-0.3, -0.25) is 0 Å². The van der Waals surface area contributed by atoms with Crippen molar-refractivity contribution in [1.82, 2.24) is 15.2 Å². The van der Waals surface area contributed by atoms with Gasteiger partial charge in [-0.25, -0.2) is 4.98 Å². The average Bonchev–Trinajstić information content (AvgIpc) is 2.77. The highest BCUT2D eigenvalue weighted by atomic mass is 32.1. The average molecular weight is 263 g/mol. The van der Waals surface area contributed by atoms with Crippen molar-refractivity contribution in [1.29, 1.82) is 0 Å². The van der Waals surface area contributed by atoms with Crippen LogP contribution in [0.15, 0.2) is 23.8 Å². The molecule has 0 radical (unpaired) electrons. The Kier molecular flexibility index (Phi) is 5.92. The van der Waals surface area contributed by atoms with Gasteiger partial charge in [0.05, 0.1) is 16.9 Å². The van der Waals surface area contributed by atoms with Gasteiger partial charge < -0.3 is 0 Å². The maximum Gasteiger partial charge on any atom is 0.0797 e. The van der Waals surface area contributed by atoms with E-state index in [-0.39, 0.29) is 0 Å². The van der Waals surface area contributed by atoms with Crippen LogP contribution in [0.2, 0.25) is 0 Å². The minimum Gasteiger partial charge on any atom is -0.250 e. The van der Waals surface area contributed by atoms with Crippen molar-refractivity contribution in [3.8, 4) is 0 Å². The van der Waals surface area contributed by atoms with Crippen molar-refractivity contribution >= 4 is 11.3 Å². The second-order valence-corrected chi connectivity index (χ2v) is 5.65. The summed E-state index contributed by atoms with van der Waals surface area (Å²) in [5.41, 5.74) is 4.15. The predicted molar refractivity (Wildman–Crippen MR) is 77.1 cm³/mol. The van der Waals surface area contributed by atoms with Gasteiger partial charge in [-0.15, -0.1) is 11.3 Å². The van der Waals surface area contributed by atoms with Crippen LogP contribution in [0.3, 0.4) is 0 Å². The number of hydrogen-bond donors (Lipinski definition) is 0. The fourth-order valence-corrected chi connectivity index (χ4v) is 2.31. The first-order chi connectivity index (χ1) is 8.52. The van der Waals surface area contributed by atoms with Crippen molar-refractivity contribution in [3.63, 3.8) is 0 Å². The standard InChI is InChI=1S/C7H10N2.C7H11NS/c1-6(2)7-4-3-5-8-9-7;1-5(2)7-6(3)8-4-9-7/h3-6H,1-2H3;4-5H,1-3H3. The van der Waals surface area contributed by atoms with E-state index in [2.05, 4.69) is 49.8 Å². The molecule has 0 unspecified atom stereocenters. The summed E-state index contributed by atoms with van der Waals surface area (Å²) < 4.78 is 0. The molecule has 2 heterocycles. The maximum absolute atomic E-state index is 4.16. The molecule has 0 aliphatic rings. The molecule has 4 heteroatoms. The molecule has 2 rings (SSSR count). The molecular weight excluding hydrogens is 242 g/mol. The Morgan fingerprint density at radius 1 is 1.11 bits per heavy atom. The summed E-state index contributed by atoms with van der Waals surface area (Å²) >= 11 is 1.75. The molecule has 0 saturated carbocycles. The normalized spacial score (nSPS) is 10.4. The zero-order chi connectivity index (χ0) is 13.5. The van der Waals surface area contributed by atoms with Gasteiger partial charge in [0, 0.05) is 11.1 Å². The SMILES string of the molecule is CC(C)c1cccnn1.Cc1ncsc1C(C)C. The van der Waals surface area contributed by atoms with E-state index in [9.17, 15) is 0 Å². The van der Waals surface area contributed by atoms with Crippen LogP contribution >= 0.6 is 11.3 Å². The van der Waals surface area contributed by atoms with Crippen LogP contribution in [0.4, 0.5) is 0 Å². The second kappa shape index (κ2) is 7.21. The maximum atomic E-state index is 4.16. The molecule has 2 aromatic heterocycles. The van der Waals surface area contributed by atoms with Crippen LogP contribution in [-0.2, 0) is 0 Å². The molecule has 2 aromatic rings. The molecule has 0 bridgehead atoms. The summed E-state index contributed by atoms with van der Waals surface area (Å²) in [6, 6.07) is 3.89. The number of rotatable bonds is 2. The molecule has 0 amide bonds. The Labute approximate surface area is 113 Å². The van der Waals surface area contributed by atoms with Crippen LogP contribution in [0.5, 0.6) is 0 Å². The lowest BCUT2D eigenvalue weighted by atomic mass is 10.1. The molecule has 98 valence electrons. The quantitative estimate of drug-likeness (QED) is 0.816. The number of nitrogens with zero attached hydrogens (tertiary/aromatic N) is 3. The van der Waals surface area contributed by atoms with Gasteiger partial charge in [0.25, 0.3) is 0 Å². The van der Waals surface area contributed by atoms with Crippen LogP contribution in [0, 0.1) is 6.92 Å². The minimum absolute atomic E-state index is 0.485. The van der Waals surface area contributed by atoms with Gasteiger partial charge in [-0.05, 0) is 30.9 Å². The summed E-state index contributed by atoms with van der Waals surface area (Å²) in [6.45, 7) is 10.7. The molecule has 0 aliphatic heterocycles. The smallest absolute Gasteiger partial charge is 0.0797 e. The van der Waals surface area contributed by atoms with E-state index in [1.54, 1.807) is 17.5 Å². The van der Waals surface area contributed by atoms with Crippen LogP contribution < -0.4 is 0 Å². The fourth-order valence-electron chi connectivity index (χ4n) is 1.49. The monoisotopic (exact) mass is 263 g/mol. The zero-order valence-corrected chi connectivity index (χ0v) is 12.5. The number of aryl methyl sites for hydroxylation is 1. The topological polar surface area (TPSA) is 38.7 Å². The summed E-state index contributed by atoms with van der Waals surface area (Å²) in [4.78, 5) is 5.57. The van der Waals surface area contributed by atoms with Gasteiger partial charge in [0.15, 0.2) is 0 Å². The zero-order valence-electron chi connectivity index (χ0n) is 11.7. The van der Waals surface area contributed by atoms with Crippen molar-refractivity contribution in [3.05, 3.63) is 40.1 Å². The molecule has 0 fully saturated rings. The highest BCUT2D eigenvalue weighted by molar-refractivity contribution is 7.09. The lowest BCUT2D eigenvalue weighted by Gasteiger charge is -1.98. The van der Waals surface area contributed by atoms with Crippen LogP contribution in [0.25, 0.3) is 0 Å². The van der Waals surface area contributed by atoms with E-state index in [0.29, 0.717) is 11.8 Å². The molecule has 3 nitrogen and oxygen atoms in total. The van der Waals surface area contributed by atoms with E-state index in [1.807, 2.05) is 17.6 Å². The minimum atomic E-state index is 0.485. The molecule has 0 spiro atoms. The third-order valence-electron chi connectivity index (χ3n) is 2.49. The van der Waals surface area contributed by atoms with Gasteiger partial charge in [-0.2, -0.15) is 10.2 Å². The van der Waals surface area contributed by atoms with Crippen molar-refractivity contribution in [2.45, 2.75) is 46.5 Å². The third-order valence-corrected chi connectivity index (χ3v) is 3.72. The van der Waals surface area contributed by atoms with Crippen molar-refractivity contribution in [2.75, 3.05) is 0 Å². The summed E-state index contributed by atoms with van der Waals surface area (Å²) in [7, 11) is 0. The Hall–Kier alpha value is -1.29. The Morgan fingerprint density at radius 3 is 2.11 bits per heavy atom. The van der Waals surface area contributed by atoms with E-state index in [4.69, 9.17) is 0 Å². The van der Waals surface area contributed by atoms with Gasteiger partial charge in [0.2, 0.25) is 0 Å². The van der Waals surface area contributed by atoms with Crippen molar-refractivity contribution < 1.29 is 0 Å². The van der Waals surface area contributed by atoms with Gasteiger partial charge >= 0.3 is 0 Å². The second-order valence-electron chi connectivity index (χ2n) is 4.76. The Morgan fingerprint density at radius 2 is 1.83 bits per heavy atom. The Balaban J connectivity index is 0.000000180. The molecule has 0 saturated heterocycles. The molecular formula is C14H21N3S. The number of thiazole rings is 1. The third kappa shape index (κ3) is 4.53. The highest BCUT2D eigenvalue weighted by Gasteiger charge is 2.03. The highest BCUT2D eigenvalue weighted by Crippen LogP contribution is 2.21. The summed E-state index contributed by atoms with van der Waals surface area (Å²) in [5.74, 6) is 1.12. The first-order valence-corrected chi connectivity index (χ1v) is 7.08. The lowest BCUT2D eigenvalue weighted by Crippen LogP contribution is -1.92. The molecule has 18 heavy (non-hydrogen) atoms. The van der Waals surface area contributed by atoms with E-state index in [1.165, 1.54) is 10.6 Å². The first kappa shape index (κ1) is 14.8. The first-order valence-electron chi connectivity index (χ1n) is 6.20. The molecule has 0 N–H and O–H groups in total. The van der Waals surface area contributed by atoms with Gasteiger partial charge in [-0.1, -0.05) is 27.7 Å². The van der Waals surface area contributed by atoms with Crippen LogP contribution in [0.1, 0.15) is 55.8 Å². The summed E-state index contributed by atoms with van der Waals surface area (Å²) in [6.07, 6.45) is 1.69. The van der Waals surface area contributed by atoms with E-state index in [0.717, 1.165) is 5.69 Å². The van der Waals surface area contributed by atoms with E-state index < -0.39 is 0 Å². The predicted octanol–water partition coefficient (Wildman–Crippen LogP) is 4.17. The molecule has 0 atom stereocenters. The Bertz CT molecular complexity index is 449. The van der Waals surface area contributed by atoms with Gasteiger partial charge in [0.1, 0.15) is 0 Å². The lowest BCUT2D eigenvalue weighted by molar-refractivity contribution is 0.785. The fraction of sp³-hybridized carbons (Fsp3) is 0.500. The number of hydrogen-bond acceptors (Lipinski definition) is 4.